The molecule has 2 aromatic rings. The van der Waals surface area contributed by atoms with Crippen molar-refractivity contribution in [3.63, 3.8) is 0 Å². The van der Waals surface area contributed by atoms with Gasteiger partial charge in [0.15, 0.2) is 5.82 Å². The van der Waals surface area contributed by atoms with Gasteiger partial charge in [-0.3, -0.25) is 4.72 Å². The molecule has 2 rings (SSSR count). The summed E-state index contributed by atoms with van der Waals surface area (Å²) in [7, 11) is -4.00. The van der Waals surface area contributed by atoms with E-state index in [1.165, 1.54) is 24.4 Å². The Morgan fingerprint density at radius 1 is 1.33 bits per heavy atom. The molecule has 1 aromatic heterocycles. The lowest BCUT2D eigenvalue weighted by Crippen LogP contribution is -2.18. The monoisotopic (exact) mass is 394 g/mol. The molecule has 0 aliphatic heterocycles. The summed E-state index contributed by atoms with van der Waals surface area (Å²) in [6.45, 7) is 0. The van der Waals surface area contributed by atoms with E-state index in [4.69, 9.17) is 17.4 Å². The normalized spacial score (nSPS) is 11.2. The lowest BCUT2D eigenvalue weighted by atomic mass is 10.3. The van der Waals surface area contributed by atoms with Crippen molar-refractivity contribution >= 4 is 49.1 Å². The minimum Gasteiger partial charge on any atom is -0.307 e. The van der Waals surface area contributed by atoms with Crippen LogP contribution in [0.3, 0.4) is 0 Å². The number of aromatic nitrogens is 1. The van der Waals surface area contributed by atoms with E-state index in [2.05, 4.69) is 31.1 Å². The highest BCUT2D eigenvalue weighted by atomic mass is 79.9. The Bertz CT molecular complexity index is 788. The van der Waals surface area contributed by atoms with Crippen LogP contribution < -0.4 is 16.0 Å². The molecule has 0 aliphatic carbocycles. The number of pyridine rings is 1. The van der Waals surface area contributed by atoms with E-state index in [1.54, 1.807) is 0 Å². The molecule has 0 aliphatic rings. The van der Waals surface area contributed by atoms with Crippen molar-refractivity contribution in [2.45, 2.75) is 4.90 Å². The van der Waals surface area contributed by atoms with Crippen LogP contribution in [0.1, 0.15) is 0 Å². The molecule has 0 radical (unpaired) electrons. The summed E-state index contributed by atoms with van der Waals surface area (Å²) in [4.78, 5) is 3.65. The van der Waals surface area contributed by atoms with Gasteiger partial charge in [-0.2, -0.15) is 0 Å². The topological polar surface area (TPSA) is 97.1 Å². The summed E-state index contributed by atoms with van der Waals surface area (Å²) in [6, 6.07) is 4.87. The van der Waals surface area contributed by atoms with Gasteiger partial charge in [0.1, 0.15) is 10.7 Å². The third-order valence-electron chi connectivity index (χ3n) is 2.42. The summed E-state index contributed by atoms with van der Waals surface area (Å²) >= 11 is 8.67. The lowest BCUT2D eigenvalue weighted by Gasteiger charge is -2.11. The lowest BCUT2D eigenvalue weighted by molar-refractivity contribution is 0.601. The second-order valence-corrected chi connectivity index (χ2v) is 6.85. The number of anilines is 2. The van der Waals surface area contributed by atoms with Gasteiger partial charge in [-0.1, -0.05) is 11.6 Å². The first-order valence-electron chi connectivity index (χ1n) is 5.43. The Morgan fingerprint density at radius 3 is 2.67 bits per heavy atom. The number of nitrogens with one attached hydrogen (secondary N) is 2. The van der Waals surface area contributed by atoms with Crippen molar-refractivity contribution in [1.29, 1.82) is 0 Å². The van der Waals surface area contributed by atoms with Crippen molar-refractivity contribution in [3.8, 4) is 0 Å². The molecule has 112 valence electrons. The molecule has 0 atom stereocenters. The highest BCUT2D eigenvalue weighted by Gasteiger charge is 2.20. The van der Waals surface area contributed by atoms with E-state index in [0.29, 0.717) is 4.47 Å². The van der Waals surface area contributed by atoms with Crippen molar-refractivity contribution in [2.75, 3.05) is 10.1 Å². The van der Waals surface area contributed by atoms with Crippen molar-refractivity contribution in [1.82, 2.24) is 4.98 Å². The van der Waals surface area contributed by atoms with E-state index in [-0.39, 0.29) is 21.4 Å². The maximum atomic E-state index is 13.3. The molecular formula is C11H9BrClFN4O2S. The van der Waals surface area contributed by atoms with Crippen molar-refractivity contribution in [3.05, 3.63) is 45.8 Å². The van der Waals surface area contributed by atoms with Crippen LogP contribution in [0.25, 0.3) is 0 Å². The zero-order chi connectivity index (χ0) is 15.6. The van der Waals surface area contributed by atoms with Gasteiger partial charge in [0.2, 0.25) is 0 Å². The smallest absolute Gasteiger partial charge is 0.265 e. The molecule has 1 heterocycles. The zero-order valence-electron chi connectivity index (χ0n) is 10.3. The van der Waals surface area contributed by atoms with Gasteiger partial charge in [0, 0.05) is 10.7 Å². The molecule has 0 fully saturated rings. The first-order chi connectivity index (χ1) is 9.83. The Morgan fingerprint density at radius 2 is 2.05 bits per heavy atom. The largest absolute Gasteiger partial charge is 0.307 e. The van der Waals surface area contributed by atoms with Crippen molar-refractivity contribution in [2.24, 2.45) is 5.84 Å². The number of nitrogens with two attached hydrogens (primary N) is 1. The van der Waals surface area contributed by atoms with Gasteiger partial charge in [0.05, 0.1) is 10.7 Å². The number of rotatable bonds is 4. The standard InChI is InChI=1S/C11H9BrClFN4O2S/c12-6-3-10(11(17-15)16-5-6)21(19,20)18-7-1-2-8(13)9(14)4-7/h1-5,18H,15H2,(H,16,17). The quantitative estimate of drug-likeness (QED) is 0.546. The maximum Gasteiger partial charge on any atom is 0.265 e. The van der Waals surface area contributed by atoms with Crippen LogP contribution in [-0.4, -0.2) is 13.4 Å². The second-order valence-electron chi connectivity index (χ2n) is 3.88. The predicted molar refractivity (Wildman–Crippen MR) is 82.0 cm³/mol. The number of hydrazine groups is 1. The molecule has 0 bridgehead atoms. The SMILES string of the molecule is NNc1ncc(Br)cc1S(=O)(=O)Nc1ccc(Cl)c(F)c1. The zero-order valence-corrected chi connectivity index (χ0v) is 13.4. The molecule has 21 heavy (non-hydrogen) atoms. The summed E-state index contributed by atoms with van der Waals surface area (Å²) in [5.74, 6) is 4.46. The van der Waals surface area contributed by atoms with Gasteiger partial charge in [-0.15, -0.1) is 0 Å². The third kappa shape index (κ3) is 3.62. The van der Waals surface area contributed by atoms with E-state index in [9.17, 15) is 12.8 Å². The van der Waals surface area contributed by atoms with Gasteiger partial charge in [-0.05, 0) is 40.2 Å². The van der Waals surface area contributed by atoms with Crippen LogP contribution in [0.15, 0.2) is 39.8 Å². The fraction of sp³-hybridized carbons (Fsp3) is 0. The summed E-state index contributed by atoms with van der Waals surface area (Å²) in [6.07, 6.45) is 1.39. The molecule has 6 nitrogen and oxygen atoms in total. The number of hydrogen-bond acceptors (Lipinski definition) is 5. The predicted octanol–water partition coefficient (Wildman–Crippen LogP) is 2.72. The van der Waals surface area contributed by atoms with Gasteiger partial charge >= 0.3 is 0 Å². The van der Waals surface area contributed by atoms with Crippen molar-refractivity contribution < 1.29 is 12.8 Å². The first-order valence-corrected chi connectivity index (χ1v) is 8.09. The van der Waals surface area contributed by atoms with Crippen LogP contribution in [0, 0.1) is 5.82 Å². The highest BCUT2D eigenvalue weighted by Crippen LogP contribution is 2.26. The van der Waals surface area contributed by atoms with Gasteiger partial charge < -0.3 is 5.43 Å². The van der Waals surface area contributed by atoms with E-state index in [1.807, 2.05) is 0 Å². The fourth-order valence-corrected chi connectivity index (χ4v) is 3.30. The van der Waals surface area contributed by atoms with Crippen LogP contribution in [0.5, 0.6) is 0 Å². The number of benzene rings is 1. The average molecular weight is 396 g/mol. The summed E-state index contributed by atoms with van der Waals surface area (Å²) in [5, 5.41) is -0.105. The number of halogens is 3. The summed E-state index contributed by atoms with van der Waals surface area (Å²) in [5.41, 5.74) is 2.22. The second kappa shape index (κ2) is 6.14. The molecule has 1 aromatic carbocycles. The molecule has 4 N–H and O–H groups in total. The molecule has 0 amide bonds. The number of sulfonamides is 1. The molecule has 0 spiro atoms. The fourth-order valence-electron chi connectivity index (χ4n) is 1.50. The molecule has 0 unspecified atom stereocenters. The number of hydrogen-bond donors (Lipinski definition) is 3. The van der Waals surface area contributed by atoms with Gasteiger partial charge in [0.25, 0.3) is 10.0 Å². The van der Waals surface area contributed by atoms with Crippen LogP contribution in [0.4, 0.5) is 15.9 Å². The van der Waals surface area contributed by atoms with E-state index >= 15 is 0 Å². The third-order valence-corrected chi connectivity index (χ3v) is 4.55. The first kappa shape index (κ1) is 16.0. The Hall–Kier alpha value is -1.42. The minimum atomic E-state index is -4.00. The molecular weight excluding hydrogens is 387 g/mol. The highest BCUT2D eigenvalue weighted by molar-refractivity contribution is 9.10. The van der Waals surface area contributed by atoms with E-state index in [0.717, 1.165) is 6.07 Å². The van der Waals surface area contributed by atoms with Crippen LogP contribution in [0.2, 0.25) is 5.02 Å². The number of nitrogens with zero attached hydrogens (tertiary/aromatic N) is 1. The number of nitrogen functional groups attached to an aromatic ring is 1. The van der Waals surface area contributed by atoms with Gasteiger partial charge in [-0.25, -0.2) is 23.6 Å². The maximum absolute atomic E-state index is 13.3. The minimum absolute atomic E-state index is 0.0276. The van der Waals surface area contributed by atoms with E-state index < -0.39 is 15.8 Å². The van der Waals surface area contributed by atoms with Crippen LogP contribution >= 0.6 is 27.5 Å². The average Bonchev–Trinajstić information content (AvgIpc) is 2.42. The molecule has 0 saturated heterocycles. The molecule has 10 heteroatoms. The Kier molecular flexibility index (Phi) is 4.67. The van der Waals surface area contributed by atoms with Crippen LogP contribution in [-0.2, 0) is 10.0 Å². The Labute approximate surface area is 133 Å². The molecule has 0 saturated carbocycles. The Balaban J connectivity index is 2.42. The summed E-state index contributed by atoms with van der Waals surface area (Å²) < 4.78 is 40.6.